The van der Waals surface area contributed by atoms with Crippen molar-refractivity contribution in [1.82, 2.24) is 5.32 Å². The first-order valence-corrected chi connectivity index (χ1v) is 8.16. The number of rotatable bonds is 6. The topological polar surface area (TPSA) is 58.2 Å². The fourth-order valence-corrected chi connectivity index (χ4v) is 2.54. The highest BCUT2D eigenvalue weighted by Gasteiger charge is 2.12. The minimum atomic E-state index is -0.301. The molecular weight excluding hydrogens is 300 g/mol. The van der Waals surface area contributed by atoms with E-state index in [1.54, 1.807) is 0 Å². The monoisotopic (exact) mass is 324 g/mol. The Labute approximate surface area is 143 Å². The molecule has 0 atom stereocenters. The molecule has 2 N–H and O–H groups in total. The molecule has 2 aromatic carbocycles. The van der Waals surface area contributed by atoms with E-state index in [1.807, 2.05) is 55.5 Å². The molecule has 0 radical (unpaired) electrons. The number of hydrogen-bond acceptors (Lipinski definition) is 2. The Hall–Kier alpha value is -2.62. The number of carbonyl (C=O) groups excluding carboxylic acids is 2. The van der Waals surface area contributed by atoms with Gasteiger partial charge >= 0.3 is 0 Å². The molecule has 126 valence electrons. The summed E-state index contributed by atoms with van der Waals surface area (Å²) in [5.74, 6) is -0.280. The van der Waals surface area contributed by atoms with E-state index in [-0.39, 0.29) is 18.2 Å². The molecule has 24 heavy (non-hydrogen) atoms. The Morgan fingerprint density at radius 3 is 2.46 bits per heavy atom. The third-order valence-corrected chi connectivity index (χ3v) is 3.75. The van der Waals surface area contributed by atoms with Gasteiger partial charge in [0.15, 0.2) is 0 Å². The van der Waals surface area contributed by atoms with Gasteiger partial charge in [-0.3, -0.25) is 9.59 Å². The molecular formula is C20H24N2O2. The molecule has 0 saturated heterocycles. The van der Waals surface area contributed by atoms with E-state index in [4.69, 9.17) is 0 Å². The van der Waals surface area contributed by atoms with E-state index in [1.165, 1.54) is 0 Å². The Morgan fingerprint density at radius 1 is 1.00 bits per heavy atom. The van der Waals surface area contributed by atoms with Crippen LogP contribution >= 0.6 is 0 Å². The molecule has 2 amide bonds. The van der Waals surface area contributed by atoms with Crippen molar-refractivity contribution in [1.29, 1.82) is 0 Å². The van der Waals surface area contributed by atoms with Crippen LogP contribution in [0.25, 0.3) is 0 Å². The second kappa shape index (κ2) is 8.29. The lowest BCUT2D eigenvalue weighted by Gasteiger charge is -2.13. The summed E-state index contributed by atoms with van der Waals surface area (Å²) in [7, 11) is 0. The first-order chi connectivity index (χ1) is 11.5. The minimum Gasteiger partial charge on any atom is -0.352 e. The first kappa shape index (κ1) is 17.7. The van der Waals surface area contributed by atoms with Crippen LogP contribution in [0.2, 0.25) is 0 Å². The van der Waals surface area contributed by atoms with Crippen molar-refractivity contribution in [2.75, 3.05) is 5.32 Å². The summed E-state index contributed by atoms with van der Waals surface area (Å²) in [6.45, 7) is 6.57. The smallest absolute Gasteiger partial charge is 0.233 e. The van der Waals surface area contributed by atoms with E-state index in [0.29, 0.717) is 12.5 Å². The van der Waals surface area contributed by atoms with Crippen molar-refractivity contribution >= 4 is 17.5 Å². The Bertz CT molecular complexity index is 723. The molecule has 2 aromatic rings. The average molecular weight is 324 g/mol. The highest BCUT2D eigenvalue weighted by Crippen LogP contribution is 2.23. The third kappa shape index (κ3) is 5.23. The minimum absolute atomic E-state index is 0.182. The Morgan fingerprint density at radius 2 is 1.75 bits per heavy atom. The molecule has 4 heteroatoms. The lowest BCUT2D eigenvalue weighted by molar-refractivity contribution is -0.126. The van der Waals surface area contributed by atoms with E-state index in [2.05, 4.69) is 24.5 Å². The molecule has 0 aliphatic rings. The van der Waals surface area contributed by atoms with Gasteiger partial charge in [0, 0.05) is 12.2 Å². The normalized spacial score (nSPS) is 10.5. The van der Waals surface area contributed by atoms with Gasteiger partial charge in [-0.2, -0.15) is 0 Å². The van der Waals surface area contributed by atoms with E-state index in [0.717, 1.165) is 22.4 Å². The van der Waals surface area contributed by atoms with E-state index >= 15 is 0 Å². The fraction of sp³-hybridized carbons (Fsp3) is 0.300. The maximum Gasteiger partial charge on any atom is 0.233 e. The summed E-state index contributed by atoms with van der Waals surface area (Å²) in [4.78, 5) is 24.0. The number of para-hydroxylation sites is 1. The molecule has 0 saturated carbocycles. The quantitative estimate of drug-likeness (QED) is 0.795. The molecule has 4 nitrogen and oxygen atoms in total. The molecule has 0 aliphatic heterocycles. The number of benzene rings is 2. The van der Waals surface area contributed by atoms with Crippen LogP contribution in [-0.4, -0.2) is 11.8 Å². The zero-order valence-corrected chi connectivity index (χ0v) is 14.4. The second-order valence-corrected chi connectivity index (χ2v) is 6.23. The number of hydrogen-bond donors (Lipinski definition) is 2. The molecule has 0 aromatic heterocycles. The van der Waals surface area contributed by atoms with Gasteiger partial charge < -0.3 is 10.6 Å². The number of amides is 2. The predicted octanol–water partition coefficient (Wildman–Crippen LogP) is 3.76. The molecule has 0 fully saturated rings. The van der Waals surface area contributed by atoms with Crippen LogP contribution in [0.3, 0.4) is 0 Å². The lowest BCUT2D eigenvalue weighted by atomic mass is 10.0. The summed E-state index contributed by atoms with van der Waals surface area (Å²) in [5, 5.41) is 5.61. The molecule has 2 rings (SSSR count). The predicted molar refractivity (Wildman–Crippen MR) is 96.8 cm³/mol. The largest absolute Gasteiger partial charge is 0.352 e. The summed E-state index contributed by atoms with van der Waals surface area (Å²) in [6, 6.07) is 15.6. The van der Waals surface area contributed by atoms with Crippen molar-refractivity contribution < 1.29 is 9.59 Å². The summed E-state index contributed by atoms with van der Waals surface area (Å²) in [5.41, 5.74) is 3.99. The highest BCUT2D eigenvalue weighted by atomic mass is 16.2. The van der Waals surface area contributed by atoms with Crippen molar-refractivity contribution in [2.24, 2.45) is 0 Å². The van der Waals surface area contributed by atoms with Crippen molar-refractivity contribution in [3.8, 4) is 0 Å². The standard InChI is InChI=1S/C20H24N2O2/c1-14(2)17-9-4-5-10-18(17)22-20(24)12-19(23)21-13-16-8-6-7-15(3)11-16/h4-11,14H,12-13H2,1-3H3,(H,21,23)(H,22,24). The van der Waals surface area contributed by atoms with Gasteiger partial charge in [-0.15, -0.1) is 0 Å². The fourth-order valence-electron chi connectivity index (χ4n) is 2.54. The van der Waals surface area contributed by atoms with Gasteiger partial charge in [0.1, 0.15) is 6.42 Å². The Kier molecular flexibility index (Phi) is 6.13. The van der Waals surface area contributed by atoms with E-state index < -0.39 is 0 Å². The second-order valence-electron chi connectivity index (χ2n) is 6.23. The van der Waals surface area contributed by atoms with Crippen LogP contribution in [0.5, 0.6) is 0 Å². The SMILES string of the molecule is Cc1cccc(CNC(=O)CC(=O)Nc2ccccc2C(C)C)c1. The maximum atomic E-state index is 12.1. The highest BCUT2D eigenvalue weighted by molar-refractivity contribution is 6.03. The van der Waals surface area contributed by atoms with Crippen molar-refractivity contribution in [3.05, 3.63) is 65.2 Å². The number of nitrogens with one attached hydrogen (secondary N) is 2. The summed E-state index contributed by atoms with van der Waals surface area (Å²) in [6.07, 6.45) is -0.182. The van der Waals surface area contributed by atoms with Gasteiger partial charge in [0.2, 0.25) is 11.8 Å². The summed E-state index contributed by atoms with van der Waals surface area (Å²) >= 11 is 0. The van der Waals surface area contributed by atoms with Gasteiger partial charge in [-0.25, -0.2) is 0 Å². The van der Waals surface area contributed by atoms with Crippen LogP contribution in [0.15, 0.2) is 48.5 Å². The van der Waals surface area contributed by atoms with Crippen LogP contribution in [-0.2, 0) is 16.1 Å². The third-order valence-electron chi connectivity index (χ3n) is 3.75. The maximum absolute atomic E-state index is 12.1. The molecule has 0 heterocycles. The molecule has 0 unspecified atom stereocenters. The zero-order chi connectivity index (χ0) is 17.5. The average Bonchev–Trinajstić information content (AvgIpc) is 2.53. The molecule has 0 aliphatic carbocycles. The first-order valence-electron chi connectivity index (χ1n) is 8.16. The lowest BCUT2D eigenvalue weighted by Crippen LogP contribution is -2.28. The number of carbonyl (C=O) groups is 2. The van der Waals surface area contributed by atoms with Crippen LogP contribution in [0.1, 0.15) is 42.9 Å². The molecule has 0 bridgehead atoms. The number of anilines is 1. The summed E-state index contributed by atoms with van der Waals surface area (Å²) < 4.78 is 0. The van der Waals surface area contributed by atoms with Gasteiger partial charge in [-0.05, 0) is 30.0 Å². The number of aryl methyl sites for hydroxylation is 1. The van der Waals surface area contributed by atoms with Gasteiger partial charge in [-0.1, -0.05) is 61.9 Å². The Balaban J connectivity index is 1.87. The van der Waals surface area contributed by atoms with Crippen LogP contribution in [0, 0.1) is 6.92 Å². The van der Waals surface area contributed by atoms with Gasteiger partial charge in [0.05, 0.1) is 0 Å². The zero-order valence-electron chi connectivity index (χ0n) is 14.4. The van der Waals surface area contributed by atoms with E-state index in [9.17, 15) is 9.59 Å². The van der Waals surface area contributed by atoms with Crippen molar-refractivity contribution in [3.63, 3.8) is 0 Å². The van der Waals surface area contributed by atoms with Crippen molar-refractivity contribution in [2.45, 2.75) is 39.7 Å². The molecule has 0 spiro atoms. The van der Waals surface area contributed by atoms with Crippen LogP contribution in [0.4, 0.5) is 5.69 Å². The van der Waals surface area contributed by atoms with Gasteiger partial charge in [0.25, 0.3) is 0 Å². The van der Waals surface area contributed by atoms with Crippen LogP contribution < -0.4 is 10.6 Å².